The third-order valence-corrected chi connectivity index (χ3v) is 3.67. The van der Waals surface area contributed by atoms with E-state index < -0.39 is 5.97 Å². The molecule has 2 rings (SSSR count). The van der Waals surface area contributed by atoms with Crippen molar-refractivity contribution in [2.75, 3.05) is 18.4 Å². The molecule has 0 bridgehead atoms. The number of pyridine rings is 1. The van der Waals surface area contributed by atoms with Crippen molar-refractivity contribution in [3.8, 4) is 0 Å². The van der Waals surface area contributed by atoms with Crippen molar-refractivity contribution in [3.05, 3.63) is 23.9 Å². The van der Waals surface area contributed by atoms with E-state index in [9.17, 15) is 4.79 Å². The number of nitrogens with zero attached hydrogens (tertiary/aromatic N) is 2. The molecule has 0 unspecified atom stereocenters. The number of rotatable bonds is 4. The summed E-state index contributed by atoms with van der Waals surface area (Å²) >= 11 is 0. The van der Waals surface area contributed by atoms with Gasteiger partial charge in [0.1, 0.15) is 5.82 Å². The third-order valence-electron chi connectivity index (χ3n) is 3.67. The number of carboxylic acids is 1. The van der Waals surface area contributed by atoms with Crippen molar-refractivity contribution in [3.63, 3.8) is 0 Å². The highest BCUT2D eigenvalue weighted by Gasteiger charge is 2.30. The molecule has 5 nitrogen and oxygen atoms in total. The normalized spacial score (nSPS) is 23.8. The zero-order chi connectivity index (χ0) is 14.0. The fourth-order valence-corrected chi connectivity index (χ4v) is 2.44. The van der Waals surface area contributed by atoms with Gasteiger partial charge < -0.3 is 10.4 Å². The van der Waals surface area contributed by atoms with Crippen LogP contribution in [0.2, 0.25) is 0 Å². The lowest BCUT2D eigenvalue weighted by atomic mass is 10.1. The second-order valence-corrected chi connectivity index (χ2v) is 5.49. The molecule has 0 spiro atoms. The predicted octanol–water partition coefficient (Wildman–Crippen LogP) is 1.92. The summed E-state index contributed by atoms with van der Waals surface area (Å²) in [5, 5.41) is 12.3. The van der Waals surface area contributed by atoms with E-state index in [4.69, 9.17) is 5.11 Å². The lowest BCUT2D eigenvalue weighted by molar-refractivity contribution is 0.0690. The number of anilines is 1. The number of aromatic carboxylic acids is 1. The van der Waals surface area contributed by atoms with E-state index >= 15 is 0 Å². The van der Waals surface area contributed by atoms with Crippen molar-refractivity contribution >= 4 is 11.8 Å². The molecule has 1 aromatic rings. The molecule has 0 saturated carbocycles. The van der Waals surface area contributed by atoms with Gasteiger partial charge in [-0.1, -0.05) is 13.0 Å². The van der Waals surface area contributed by atoms with Crippen molar-refractivity contribution in [1.29, 1.82) is 0 Å². The molecule has 1 saturated heterocycles. The number of likely N-dealkylation sites (tertiary alicyclic amines) is 1. The number of nitrogens with one attached hydrogen (secondary N) is 1. The number of carbonyl (C=O) groups is 1. The van der Waals surface area contributed by atoms with Gasteiger partial charge >= 0.3 is 5.97 Å². The first-order valence-corrected chi connectivity index (χ1v) is 6.68. The first kappa shape index (κ1) is 13.8. The molecule has 0 radical (unpaired) electrons. The van der Waals surface area contributed by atoms with E-state index in [0.717, 1.165) is 13.1 Å². The maximum absolute atomic E-state index is 10.9. The highest BCUT2D eigenvalue weighted by molar-refractivity contribution is 5.85. The standard InChI is InChI=1S/C14H21N3O2/c1-9(2)17-7-10(3)12(8-17)16-13-6-4-5-11(15-13)14(18)19/h4-6,9-10,12H,7-8H2,1-3H3,(H,15,16)(H,18,19)/t10-,12+/m1/s1. The summed E-state index contributed by atoms with van der Waals surface area (Å²) in [4.78, 5) is 17.4. The quantitative estimate of drug-likeness (QED) is 0.869. The maximum atomic E-state index is 10.9. The van der Waals surface area contributed by atoms with E-state index in [-0.39, 0.29) is 5.69 Å². The molecule has 2 atom stereocenters. The second-order valence-electron chi connectivity index (χ2n) is 5.49. The van der Waals surface area contributed by atoms with Crippen molar-refractivity contribution < 1.29 is 9.90 Å². The van der Waals surface area contributed by atoms with E-state index in [1.165, 1.54) is 6.07 Å². The molecule has 5 heteroatoms. The van der Waals surface area contributed by atoms with Gasteiger partial charge in [-0.15, -0.1) is 0 Å². The summed E-state index contributed by atoms with van der Waals surface area (Å²) < 4.78 is 0. The summed E-state index contributed by atoms with van der Waals surface area (Å²) in [6.45, 7) is 8.63. The Hall–Kier alpha value is -1.62. The Morgan fingerprint density at radius 1 is 1.47 bits per heavy atom. The van der Waals surface area contributed by atoms with Crippen molar-refractivity contribution in [1.82, 2.24) is 9.88 Å². The average Bonchev–Trinajstić information content (AvgIpc) is 2.71. The molecule has 1 aliphatic rings. The minimum Gasteiger partial charge on any atom is -0.477 e. The molecule has 1 aliphatic heterocycles. The summed E-state index contributed by atoms with van der Waals surface area (Å²) in [5.41, 5.74) is 0.0800. The summed E-state index contributed by atoms with van der Waals surface area (Å²) in [5.74, 6) is 0.173. The minimum absolute atomic E-state index is 0.0800. The maximum Gasteiger partial charge on any atom is 0.354 e. The van der Waals surface area contributed by atoms with E-state index in [1.807, 2.05) is 6.07 Å². The monoisotopic (exact) mass is 263 g/mol. The van der Waals surface area contributed by atoms with Gasteiger partial charge in [-0.25, -0.2) is 9.78 Å². The smallest absolute Gasteiger partial charge is 0.354 e. The summed E-state index contributed by atoms with van der Waals surface area (Å²) in [6, 6.07) is 5.90. The molecule has 104 valence electrons. The van der Waals surface area contributed by atoms with Crippen LogP contribution < -0.4 is 5.32 Å². The fraction of sp³-hybridized carbons (Fsp3) is 0.571. The van der Waals surface area contributed by atoms with Gasteiger partial charge in [-0.2, -0.15) is 0 Å². The van der Waals surface area contributed by atoms with Crippen LogP contribution >= 0.6 is 0 Å². The molecule has 0 amide bonds. The molecule has 2 N–H and O–H groups in total. The Balaban J connectivity index is 2.05. The van der Waals surface area contributed by atoms with Gasteiger partial charge in [0.05, 0.1) is 0 Å². The Bertz CT molecular complexity index is 462. The predicted molar refractivity (Wildman–Crippen MR) is 74.5 cm³/mol. The van der Waals surface area contributed by atoms with Gasteiger partial charge in [0, 0.05) is 25.2 Å². The Kier molecular flexibility index (Phi) is 4.04. The Labute approximate surface area is 113 Å². The zero-order valence-electron chi connectivity index (χ0n) is 11.6. The van der Waals surface area contributed by atoms with Gasteiger partial charge in [0.25, 0.3) is 0 Å². The minimum atomic E-state index is -0.994. The Morgan fingerprint density at radius 3 is 2.79 bits per heavy atom. The lowest BCUT2D eigenvalue weighted by Crippen LogP contribution is -2.31. The SMILES string of the molecule is CC(C)N1C[C@@H](C)[C@@H](Nc2cccc(C(=O)O)n2)C1. The van der Waals surface area contributed by atoms with Gasteiger partial charge in [0.15, 0.2) is 5.69 Å². The highest BCUT2D eigenvalue weighted by atomic mass is 16.4. The van der Waals surface area contributed by atoms with Crippen LogP contribution in [-0.4, -0.2) is 46.1 Å². The van der Waals surface area contributed by atoms with E-state index in [1.54, 1.807) is 6.07 Å². The summed E-state index contributed by atoms with van der Waals surface area (Å²) in [7, 11) is 0. The molecule has 1 fully saturated rings. The van der Waals surface area contributed by atoms with Crippen LogP contribution in [0.3, 0.4) is 0 Å². The van der Waals surface area contributed by atoms with E-state index in [2.05, 4.69) is 36.0 Å². The van der Waals surface area contributed by atoms with Crippen LogP contribution in [-0.2, 0) is 0 Å². The van der Waals surface area contributed by atoms with Crippen LogP contribution in [0, 0.1) is 5.92 Å². The van der Waals surface area contributed by atoms with Gasteiger partial charge in [-0.05, 0) is 31.9 Å². The zero-order valence-corrected chi connectivity index (χ0v) is 11.6. The molecule has 19 heavy (non-hydrogen) atoms. The largest absolute Gasteiger partial charge is 0.477 e. The van der Waals surface area contributed by atoms with Crippen molar-refractivity contribution in [2.24, 2.45) is 5.92 Å². The van der Waals surface area contributed by atoms with Crippen LogP contribution in [0.25, 0.3) is 0 Å². The molecular weight excluding hydrogens is 242 g/mol. The number of aromatic nitrogens is 1. The number of hydrogen-bond donors (Lipinski definition) is 2. The highest BCUT2D eigenvalue weighted by Crippen LogP contribution is 2.21. The fourth-order valence-electron chi connectivity index (χ4n) is 2.44. The topological polar surface area (TPSA) is 65.5 Å². The molecule has 0 aliphatic carbocycles. The molecule has 1 aromatic heterocycles. The van der Waals surface area contributed by atoms with Gasteiger partial charge in [0.2, 0.25) is 0 Å². The van der Waals surface area contributed by atoms with Crippen LogP contribution in [0.1, 0.15) is 31.3 Å². The van der Waals surface area contributed by atoms with Crippen LogP contribution in [0.4, 0.5) is 5.82 Å². The Morgan fingerprint density at radius 2 is 2.21 bits per heavy atom. The first-order chi connectivity index (χ1) is 8.97. The van der Waals surface area contributed by atoms with E-state index in [0.29, 0.717) is 23.8 Å². The molecule has 2 heterocycles. The molecule has 0 aromatic carbocycles. The number of hydrogen-bond acceptors (Lipinski definition) is 4. The first-order valence-electron chi connectivity index (χ1n) is 6.68. The van der Waals surface area contributed by atoms with Crippen LogP contribution in [0.15, 0.2) is 18.2 Å². The summed E-state index contributed by atoms with van der Waals surface area (Å²) in [6.07, 6.45) is 0. The van der Waals surface area contributed by atoms with Crippen LogP contribution in [0.5, 0.6) is 0 Å². The number of carboxylic acid groups (broad SMARTS) is 1. The van der Waals surface area contributed by atoms with Crippen molar-refractivity contribution in [2.45, 2.75) is 32.9 Å². The third kappa shape index (κ3) is 3.23. The lowest BCUT2D eigenvalue weighted by Gasteiger charge is -2.20. The second kappa shape index (κ2) is 5.57. The molecular formula is C14H21N3O2. The average molecular weight is 263 g/mol. The van der Waals surface area contributed by atoms with Gasteiger partial charge in [-0.3, -0.25) is 4.90 Å².